The second-order valence-corrected chi connectivity index (χ2v) is 4.98. The van der Waals surface area contributed by atoms with Gasteiger partial charge >= 0.3 is 0 Å². The predicted molar refractivity (Wildman–Crippen MR) is 74.0 cm³/mol. The van der Waals surface area contributed by atoms with Crippen molar-refractivity contribution < 1.29 is 4.79 Å². The number of carbonyl (C=O) groups excluding carboxylic acids is 1. The number of primary amides is 1. The molecule has 2 aromatic rings. The Labute approximate surface area is 112 Å². The number of hydrogen-bond acceptors (Lipinski definition) is 2. The fourth-order valence-electron chi connectivity index (χ4n) is 2.85. The number of aromatic nitrogens is 1. The van der Waals surface area contributed by atoms with Gasteiger partial charge in [-0.1, -0.05) is 24.3 Å². The highest BCUT2D eigenvalue weighted by molar-refractivity contribution is 5.92. The van der Waals surface area contributed by atoms with Crippen molar-refractivity contribution in [1.29, 1.82) is 0 Å². The van der Waals surface area contributed by atoms with Gasteiger partial charge in [0, 0.05) is 23.4 Å². The number of nitrogens with zero attached hydrogens (tertiary/aromatic N) is 1. The summed E-state index contributed by atoms with van der Waals surface area (Å²) in [6.45, 7) is 0. The van der Waals surface area contributed by atoms with Crippen LogP contribution in [0.5, 0.6) is 0 Å². The Morgan fingerprint density at radius 2 is 2.11 bits per heavy atom. The lowest BCUT2D eigenvalue weighted by Crippen LogP contribution is -2.15. The maximum atomic E-state index is 11.3. The summed E-state index contributed by atoms with van der Waals surface area (Å²) in [5.74, 6) is -0.114. The summed E-state index contributed by atoms with van der Waals surface area (Å²) >= 11 is 0. The van der Waals surface area contributed by atoms with E-state index >= 15 is 0 Å². The molecule has 1 unspecified atom stereocenters. The van der Waals surface area contributed by atoms with E-state index in [4.69, 9.17) is 5.73 Å². The molecule has 0 radical (unpaired) electrons. The topological polar surface area (TPSA) is 56.0 Å². The van der Waals surface area contributed by atoms with Crippen molar-refractivity contribution in [2.75, 3.05) is 0 Å². The van der Waals surface area contributed by atoms with Crippen molar-refractivity contribution in [3.05, 3.63) is 65.0 Å². The van der Waals surface area contributed by atoms with Crippen LogP contribution in [0, 0.1) is 0 Å². The molecule has 19 heavy (non-hydrogen) atoms. The Morgan fingerprint density at radius 1 is 1.26 bits per heavy atom. The monoisotopic (exact) mass is 252 g/mol. The quantitative estimate of drug-likeness (QED) is 0.893. The smallest absolute Gasteiger partial charge is 0.248 e. The second kappa shape index (κ2) is 4.84. The van der Waals surface area contributed by atoms with E-state index in [2.05, 4.69) is 29.2 Å². The van der Waals surface area contributed by atoms with Crippen LogP contribution in [-0.4, -0.2) is 10.9 Å². The zero-order chi connectivity index (χ0) is 13.2. The molecule has 1 heterocycles. The van der Waals surface area contributed by atoms with Crippen LogP contribution in [0.15, 0.2) is 42.6 Å². The van der Waals surface area contributed by atoms with Gasteiger partial charge in [0.15, 0.2) is 0 Å². The fourth-order valence-corrected chi connectivity index (χ4v) is 2.85. The first kappa shape index (κ1) is 11.9. The van der Waals surface area contributed by atoms with Gasteiger partial charge in [-0.15, -0.1) is 0 Å². The summed E-state index contributed by atoms with van der Waals surface area (Å²) in [6, 6.07) is 12.0. The average Bonchev–Trinajstić information content (AvgIpc) is 2.47. The zero-order valence-electron chi connectivity index (χ0n) is 10.7. The first-order valence-corrected chi connectivity index (χ1v) is 6.59. The van der Waals surface area contributed by atoms with Gasteiger partial charge in [0.05, 0.1) is 0 Å². The van der Waals surface area contributed by atoms with Crippen LogP contribution in [-0.2, 0) is 6.42 Å². The van der Waals surface area contributed by atoms with Crippen LogP contribution in [0.1, 0.15) is 45.9 Å². The normalized spacial score (nSPS) is 17.8. The Kier molecular flexibility index (Phi) is 3.03. The average molecular weight is 252 g/mol. The van der Waals surface area contributed by atoms with Crippen LogP contribution in [0.2, 0.25) is 0 Å². The number of nitrogens with two attached hydrogens (primary N) is 1. The van der Waals surface area contributed by atoms with Crippen LogP contribution in [0.4, 0.5) is 0 Å². The number of benzene rings is 1. The van der Waals surface area contributed by atoms with Gasteiger partial charge in [0.1, 0.15) is 0 Å². The van der Waals surface area contributed by atoms with E-state index in [-0.39, 0.29) is 5.92 Å². The lowest BCUT2D eigenvalue weighted by atomic mass is 9.80. The summed E-state index contributed by atoms with van der Waals surface area (Å²) < 4.78 is 0. The molecule has 2 N–H and O–H groups in total. The summed E-state index contributed by atoms with van der Waals surface area (Å²) in [6.07, 6.45) is 5.03. The third-order valence-electron chi connectivity index (χ3n) is 3.79. The molecule has 3 rings (SSSR count). The maximum absolute atomic E-state index is 11.3. The molecule has 0 spiro atoms. The summed E-state index contributed by atoms with van der Waals surface area (Å²) in [4.78, 5) is 15.7. The van der Waals surface area contributed by atoms with E-state index in [0.29, 0.717) is 5.56 Å². The molecule has 1 aromatic heterocycles. The molecule has 0 bridgehead atoms. The molecule has 1 aliphatic carbocycles. The minimum Gasteiger partial charge on any atom is -0.366 e. The summed E-state index contributed by atoms with van der Waals surface area (Å²) in [5.41, 5.74) is 9.55. The van der Waals surface area contributed by atoms with E-state index < -0.39 is 5.91 Å². The predicted octanol–water partition coefficient (Wildman–Crippen LogP) is 2.65. The van der Waals surface area contributed by atoms with Crippen molar-refractivity contribution in [1.82, 2.24) is 4.98 Å². The molecule has 96 valence electrons. The van der Waals surface area contributed by atoms with Gasteiger partial charge in [-0.05, 0) is 42.5 Å². The Hall–Kier alpha value is -2.16. The molecule has 0 saturated heterocycles. The first-order valence-electron chi connectivity index (χ1n) is 6.59. The Bertz CT molecular complexity index is 622. The van der Waals surface area contributed by atoms with E-state index in [9.17, 15) is 4.79 Å². The van der Waals surface area contributed by atoms with E-state index in [1.54, 1.807) is 12.3 Å². The third-order valence-corrected chi connectivity index (χ3v) is 3.79. The van der Waals surface area contributed by atoms with Gasteiger partial charge in [-0.2, -0.15) is 0 Å². The third kappa shape index (κ3) is 2.24. The maximum Gasteiger partial charge on any atom is 0.248 e. The highest BCUT2D eigenvalue weighted by Gasteiger charge is 2.22. The molecule has 1 aliphatic rings. The van der Waals surface area contributed by atoms with Crippen molar-refractivity contribution >= 4 is 5.91 Å². The van der Waals surface area contributed by atoms with E-state index in [0.717, 1.165) is 25.0 Å². The number of amides is 1. The highest BCUT2D eigenvalue weighted by Crippen LogP contribution is 2.35. The molecular weight excluding hydrogens is 236 g/mol. The number of aryl methyl sites for hydroxylation is 1. The zero-order valence-corrected chi connectivity index (χ0v) is 10.7. The highest BCUT2D eigenvalue weighted by atomic mass is 16.1. The number of carbonyl (C=O) groups is 1. The number of pyridine rings is 1. The number of fused-ring (bicyclic) bond motifs is 1. The molecule has 1 amide bonds. The van der Waals surface area contributed by atoms with Crippen molar-refractivity contribution in [2.45, 2.75) is 25.2 Å². The van der Waals surface area contributed by atoms with Crippen LogP contribution in [0.3, 0.4) is 0 Å². The van der Waals surface area contributed by atoms with Gasteiger partial charge in [0.25, 0.3) is 0 Å². The van der Waals surface area contributed by atoms with Gasteiger partial charge in [-0.3, -0.25) is 9.78 Å². The first-order chi connectivity index (χ1) is 9.25. The van der Waals surface area contributed by atoms with Gasteiger partial charge < -0.3 is 5.73 Å². The Morgan fingerprint density at radius 3 is 2.95 bits per heavy atom. The summed E-state index contributed by atoms with van der Waals surface area (Å²) in [5, 5.41) is 0. The van der Waals surface area contributed by atoms with Crippen molar-refractivity contribution in [3.8, 4) is 0 Å². The fraction of sp³-hybridized carbons (Fsp3) is 0.250. The standard InChI is InChI=1S/C16H16N2O/c17-16(19)12-8-9-18-15(10-12)14-7-3-5-11-4-1-2-6-13(11)14/h1-2,4,6,8-10,14H,3,5,7H2,(H2,17,19). The van der Waals surface area contributed by atoms with Crippen LogP contribution in [0.25, 0.3) is 0 Å². The molecule has 0 aliphatic heterocycles. The van der Waals surface area contributed by atoms with Crippen LogP contribution < -0.4 is 5.73 Å². The van der Waals surface area contributed by atoms with Crippen LogP contribution >= 0.6 is 0 Å². The lowest BCUT2D eigenvalue weighted by molar-refractivity contribution is 0.1000. The largest absolute Gasteiger partial charge is 0.366 e. The Balaban J connectivity index is 2.04. The molecule has 0 fully saturated rings. The van der Waals surface area contributed by atoms with Crippen molar-refractivity contribution in [2.24, 2.45) is 5.73 Å². The minimum atomic E-state index is -0.396. The molecule has 1 aromatic carbocycles. The molecule has 3 heteroatoms. The molecular formula is C16H16N2O. The summed E-state index contributed by atoms with van der Waals surface area (Å²) in [7, 11) is 0. The molecule has 3 nitrogen and oxygen atoms in total. The number of hydrogen-bond donors (Lipinski definition) is 1. The molecule has 0 saturated carbocycles. The second-order valence-electron chi connectivity index (χ2n) is 4.98. The van der Waals surface area contributed by atoms with E-state index in [1.165, 1.54) is 11.1 Å². The molecule has 1 atom stereocenters. The van der Waals surface area contributed by atoms with E-state index in [1.807, 2.05) is 6.07 Å². The van der Waals surface area contributed by atoms with Crippen molar-refractivity contribution in [3.63, 3.8) is 0 Å². The SMILES string of the molecule is NC(=O)c1ccnc(C2CCCc3ccccc32)c1. The van der Waals surface area contributed by atoms with Gasteiger partial charge in [0.2, 0.25) is 5.91 Å². The van der Waals surface area contributed by atoms with Gasteiger partial charge in [-0.25, -0.2) is 0 Å². The minimum absolute atomic E-state index is 0.282. The number of rotatable bonds is 2. The lowest BCUT2D eigenvalue weighted by Gasteiger charge is -2.25.